The highest BCUT2D eigenvalue weighted by molar-refractivity contribution is 6.06. The van der Waals surface area contributed by atoms with Crippen molar-refractivity contribution in [3.05, 3.63) is 34.9 Å². The van der Waals surface area contributed by atoms with E-state index in [2.05, 4.69) is 0 Å². The highest BCUT2D eigenvalue weighted by atomic mass is 16.7. The second-order valence-electron chi connectivity index (χ2n) is 7.68. The normalized spacial score (nSPS) is 17.4. The molecule has 3 aliphatic heterocycles. The molecule has 1 aromatic rings. The molecule has 3 heterocycles. The zero-order chi connectivity index (χ0) is 26.1. The minimum atomic E-state index is -1.33. The summed E-state index contributed by atoms with van der Waals surface area (Å²) in [6.07, 6.45) is -1.13. The standard InChI is InChI=1S/C21H15N3O12.CH4/c25-13-1-2-14(26)22(13)34-19(31)10-7-11(20(32)35-23-15(27)3-4-16(23)28)9-12(8-10)21(33)36-24-17(29)5-6-18(24)30;/h7-9H,1-6H2;1H4. The molecule has 3 aliphatic rings. The lowest BCUT2D eigenvalue weighted by Gasteiger charge is -2.16. The highest BCUT2D eigenvalue weighted by Crippen LogP contribution is 2.21. The van der Waals surface area contributed by atoms with Crippen molar-refractivity contribution < 1.29 is 57.7 Å². The third kappa shape index (κ3) is 5.34. The van der Waals surface area contributed by atoms with Crippen LogP contribution in [0.4, 0.5) is 0 Å². The molecule has 0 bridgehead atoms. The Hall–Kier alpha value is -4.95. The Morgan fingerprint density at radius 1 is 0.459 bits per heavy atom. The number of hydroxylamine groups is 6. The minimum Gasteiger partial charge on any atom is -0.325 e. The molecule has 0 unspecified atom stereocenters. The first-order valence-corrected chi connectivity index (χ1v) is 10.4. The number of hydrogen-bond acceptors (Lipinski definition) is 12. The average Bonchev–Trinajstić information content (AvgIpc) is 3.46. The summed E-state index contributed by atoms with van der Waals surface area (Å²) in [5.41, 5.74) is -1.62. The Morgan fingerprint density at radius 2 is 0.649 bits per heavy atom. The van der Waals surface area contributed by atoms with Crippen LogP contribution < -0.4 is 0 Å². The molecule has 0 saturated carbocycles. The molecule has 3 fully saturated rings. The first-order chi connectivity index (χ1) is 17.0. The van der Waals surface area contributed by atoms with Gasteiger partial charge in [-0.2, -0.15) is 0 Å². The van der Waals surface area contributed by atoms with Crippen LogP contribution in [-0.2, 0) is 43.3 Å². The van der Waals surface area contributed by atoms with Crippen LogP contribution in [0.25, 0.3) is 0 Å². The van der Waals surface area contributed by atoms with E-state index in [1.807, 2.05) is 0 Å². The van der Waals surface area contributed by atoms with E-state index < -0.39 is 70.0 Å². The van der Waals surface area contributed by atoms with Gasteiger partial charge in [0.25, 0.3) is 35.4 Å². The number of amides is 6. The fraction of sp³-hybridized carbons (Fsp3) is 0.318. The van der Waals surface area contributed by atoms with Gasteiger partial charge in [-0.05, 0) is 18.2 Å². The van der Waals surface area contributed by atoms with Gasteiger partial charge in [0.15, 0.2) is 0 Å². The zero-order valence-corrected chi connectivity index (χ0v) is 18.2. The fourth-order valence-electron chi connectivity index (χ4n) is 3.36. The summed E-state index contributed by atoms with van der Waals surface area (Å²) < 4.78 is 0. The fourth-order valence-corrected chi connectivity index (χ4v) is 3.36. The molecule has 1 aromatic carbocycles. The number of carbonyl (C=O) groups is 9. The van der Waals surface area contributed by atoms with E-state index >= 15 is 0 Å². The lowest BCUT2D eigenvalue weighted by molar-refractivity contribution is -0.173. The zero-order valence-electron chi connectivity index (χ0n) is 18.2. The maximum absolute atomic E-state index is 12.6. The van der Waals surface area contributed by atoms with Crippen molar-refractivity contribution in [2.45, 2.75) is 46.0 Å². The van der Waals surface area contributed by atoms with Crippen LogP contribution in [0.1, 0.15) is 77.0 Å². The molecule has 4 rings (SSSR count). The van der Waals surface area contributed by atoms with Gasteiger partial charge in [-0.25, -0.2) is 14.4 Å². The molecule has 0 aliphatic carbocycles. The molecule has 15 heteroatoms. The van der Waals surface area contributed by atoms with Crippen molar-refractivity contribution in [3.63, 3.8) is 0 Å². The summed E-state index contributed by atoms with van der Waals surface area (Å²) in [4.78, 5) is 123. The second-order valence-corrected chi connectivity index (χ2v) is 7.68. The summed E-state index contributed by atoms with van der Waals surface area (Å²) in [5, 5.41) is 0.692. The first-order valence-electron chi connectivity index (χ1n) is 10.4. The lowest BCUT2D eigenvalue weighted by atomic mass is 10.1. The molecular formula is C22H19N3O12. The van der Waals surface area contributed by atoms with E-state index in [4.69, 9.17) is 14.5 Å². The number of carbonyl (C=O) groups excluding carboxylic acids is 9. The number of imide groups is 3. The topological polar surface area (TPSA) is 191 Å². The minimum absolute atomic E-state index is 0. The SMILES string of the molecule is C.O=C(ON1C(=O)CCC1=O)c1cc(C(=O)ON2C(=O)CCC2=O)cc(C(=O)ON2C(=O)CCC2=O)c1. The summed E-state index contributed by atoms with van der Waals surface area (Å²) in [6.45, 7) is 0. The van der Waals surface area contributed by atoms with Crippen LogP contribution in [-0.4, -0.2) is 68.5 Å². The molecule has 3 saturated heterocycles. The van der Waals surface area contributed by atoms with Gasteiger partial charge in [0.1, 0.15) is 0 Å². The van der Waals surface area contributed by atoms with Crippen LogP contribution in [0, 0.1) is 0 Å². The monoisotopic (exact) mass is 517 g/mol. The summed E-state index contributed by atoms with van der Waals surface area (Å²) in [5.74, 6) is -8.74. The van der Waals surface area contributed by atoms with E-state index in [-0.39, 0.29) is 61.1 Å². The Morgan fingerprint density at radius 3 is 0.838 bits per heavy atom. The third-order valence-electron chi connectivity index (χ3n) is 5.18. The van der Waals surface area contributed by atoms with Gasteiger partial charge in [-0.15, -0.1) is 15.2 Å². The van der Waals surface area contributed by atoms with Crippen LogP contribution >= 0.6 is 0 Å². The predicted octanol–water partition coefficient (Wildman–Crippen LogP) is -0.0149. The van der Waals surface area contributed by atoms with E-state index in [0.717, 1.165) is 18.2 Å². The number of nitrogens with zero attached hydrogens (tertiary/aromatic N) is 3. The average molecular weight is 517 g/mol. The summed E-state index contributed by atoms with van der Waals surface area (Å²) in [7, 11) is 0. The van der Waals surface area contributed by atoms with Crippen molar-refractivity contribution >= 4 is 53.4 Å². The Bertz CT molecular complexity index is 1060. The first kappa shape index (κ1) is 26.7. The molecule has 0 aromatic heterocycles. The molecule has 37 heavy (non-hydrogen) atoms. The molecule has 0 radical (unpaired) electrons. The van der Waals surface area contributed by atoms with Gasteiger partial charge >= 0.3 is 17.9 Å². The predicted molar refractivity (Wildman–Crippen MR) is 113 cm³/mol. The molecular weight excluding hydrogens is 498 g/mol. The molecule has 0 N–H and O–H groups in total. The van der Waals surface area contributed by atoms with Crippen LogP contribution in [0.2, 0.25) is 0 Å². The van der Waals surface area contributed by atoms with Crippen LogP contribution in [0.15, 0.2) is 18.2 Å². The van der Waals surface area contributed by atoms with E-state index in [9.17, 15) is 43.2 Å². The van der Waals surface area contributed by atoms with Gasteiger partial charge in [0.05, 0.1) is 16.7 Å². The van der Waals surface area contributed by atoms with Crippen molar-refractivity contribution in [1.82, 2.24) is 15.2 Å². The summed E-state index contributed by atoms with van der Waals surface area (Å²) >= 11 is 0. The molecule has 0 spiro atoms. The van der Waals surface area contributed by atoms with Crippen molar-refractivity contribution in [2.75, 3.05) is 0 Å². The summed E-state index contributed by atoms with van der Waals surface area (Å²) in [6, 6.07) is 2.55. The highest BCUT2D eigenvalue weighted by Gasteiger charge is 2.36. The van der Waals surface area contributed by atoms with E-state index in [0.29, 0.717) is 0 Å². The Labute approximate surface area is 207 Å². The largest absolute Gasteiger partial charge is 0.363 e. The maximum atomic E-state index is 12.6. The van der Waals surface area contributed by atoms with Gasteiger partial charge in [0, 0.05) is 38.5 Å². The number of rotatable bonds is 6. The van der Waals surface area contributed by atoms with Crippen LogP contribution in [0.3, 0.4) is 0 Å². The second kappa shape index (κ2) is 10.3. The molecule has 6 amide bonds. The quantitative estimate of drug-likeness (QED) is 0.459. The lowest BCUT2D eigenvalue weighted by Crippen LogP contribution is -2.33. The van der Waals surface area contributed by atoms with Gasteiger partial charge in [0.2, 0.25) is 0 Å². The van der Waals surface area contributed by atoms with Crippen LogP contribution in [0.5, 0.6) is 0 Å². The van der Waals surface area contributed by atoms with Gasteiger partial charge in [-0.3, -0.25) is 28.8 Å². The molecule has 15 nitrogen and oxygen atoms in total. The molecule has 0 atom stereocenters. The van der Waals surface area contributed by atoms with Gasteiger partial charge in [-0.1, -0.05) is 7.43 Å². The van der Waals surface area contributed by atoms with Crippen molar-refractivity contribution in [1.29, 1.82) is 0 Å². The van der Waals surface area contributed by atoms with E-state index in [1.54, 1.807) is 0 Å². The van der Waals surface area contributed by atoms with Crippen molar-refractivity contribution in [3.8, 4) is 0 Å². The molecule has 194 valence electrons. The number of benzene rings is 1. The van der Waals surface area contributed by atoms with Crippen molar-refractivity contribution in [2.24, 2.45) is 0 Å². The van der Waals surface area contributed by atoms with Gasteiger partial charge < -0.3 is 14.5 Å². The number of hydrogen-bond donors (Lipinski definition) is 0. The van der Waals surface area contributed by atoms with E-state index in [1.165, 1.54) is 0 Å². The smallest absolute Gasteiger partial charge is 0.325 e. The maximum Gasteiger partial charge on any atom is 0.363 e. The Kier molecular flexibility index (Phi) is 7.45. The Balaban J connectivity index is 0.00000380. The third-order valence-corrected chi connectivity index (χ3v) is 5.18.